The SMILES string of the molecule is Cc1ccccc1C1CCN(CC[C@@H](Oc2ccccc2[N+](=O)[O-])c2ccccc2)CC1. The van der Waals surface area contributed by atoms with Crippen molar-refractivity contribution in [1.29, 1.82) is 0 Å². The van der Waals surface area contributed by atoms with Crippen LogP contribution >= 0.6 is 0 Å². The number of nitrogens with zero attached hydrogens (tertiary/aromatic N) is 2. The van der Waals surface area contributed by atoms with Gasteiger partial charge in [-0.3, -0.25) is 10.1 Å². The Balaban J connectivity index is 1.41. The van der Waals surface area contributed by atoms with E-state index in [0.29, 0.717) is 11.7 Å². The average Bonchev–Trinajstić information content (AvgIpc) is 2.83. The molecule has 166 valence electrons. The van der Waals surface area contributed by atoms with Crippen LogP contribution in [0.1, 0.15) is 48.0 Å². The van der Waals surface area contributed by atoms with Crippen molar-refractivity contribution in [3.63, 3.8) is 0 Å². The van der Waals surface area contributed by atoms with Gasteiger partial charge in [0.2, 0.25) is 0 Å². The number of likely N-dealkylation sites (tertiary alicyclic amines) is 1. The minimum atomic E-state index is -0.381. The molecule has 1 fully saturated rings. The molecule has 1 saturated heterocycles. The van der Waals surface area contributed by atoms with Crippen molar-refractivity contribution in [2.75, 3.05) is 19.6 Å². The molecule has 0 spiro atoms. The van der Waals surface area contributed by atoms with Gasteiger partial charge in [-0.1, -0.05) is 66.7 Å². The first-order valence-electron chi connectivity index (χ1n) is 11.3. The number of rotatable bonds is 8. The van der Waals surface area contributed by atoms with E-state index in [9.17, 15) is 10.1 Å². The molecule has 32 heavy (non-hydrogen) atoms. The minimum absolute atomic E-state index is 0.00692. The van der Waals surface area contributed by atoms with E-state index in [0.717, 1.165) is 44.5 Å². The van der Waals surface area contributed by atoms with Gasteiger partial charge in [-0.25, -0.2) is 0 Å². The predicted octanol–water partition coefficient (Wildman–Crippen LogP) is 6.29. The van der Waals surface area contributed by atoms with E-state index < -0.39 is 0 Å². The van der Waals surface area contributed by atoms with Gasteiger partial charge in [-0.2, -0.15) is 0 Å². The van der Waals surface area contributed by atoms with Crippen LogP contribution in [0.3, 0.4) is 0 Å². The zero-order valence-electron chi connectivity index (χ0n) is 18.5. The number of ether oxygens (including phenoxy) is 1. The van der Waals surface area contributed by atoms with Crippen LogP contribution in [0, 0.1) is 17.0 Å². The fourth-order valence-corrected chi connectivity index (χ4v) is 4.63. The summed E-state index contributed by atoms with van der Waals surface area (Å²) in [6.07, 6.45) is 2.87. The van der Waals surface area contributed by atoms with Gasteiger partial charge in [0.1, 0.15) is 6.10 Å². The van der Waals surface area contributed by atoms with E-state index in [2.05, 4.69) is 36.1 Å². The Bertz CT molecular complexity index is 1030. The fourth-order valence-electron chi connectivity index (χ4n) is 4.63. The Hall–Kier alpha value is -3.18. The molecule has 1 heterocycles. The first-order valence-corrected chi connectivity index (χ1v) is 11.3. The normalized spacial score (nSPS) is 15.9. The molecule has 5 nitrogen and oxygen atoms in total. The highest BCUT2D eigenvalue weighted by molar-refractivity contribution is 5.46. The molecule has 0 N–H and O–H groups in total. The molecule has 3 aromatic rings. The predicted molar refractivity (Wildman–Crippen MR) is 127 cm³/mol. The lowest BCUT2D eigenvalue weighted by Crippen LogP contribution is -2.34. The molecule has 0 aliphatic carbocycles. The lowest BCUT2D eigenvalue weighted by atomic mass is 9.87. The topological polar surface area (TPSA) is 55.6 Å². The van der Waals surface area contributed by atoms with Crippen molar-refractivity contribution in [1.82, 2.24) is 4.90 Å². The van der Waals surface area contributed by atoms with Gasteiger partial charge < -0.3 is 9.64 Å². The summed E-state index contributed by atoms with van der Waals surface area (Å²) in [6, 6.07) is 25.3. The third-order valence-electron chi connectivity index (χ3n) is 6.43. The van der Waals surface area contributed by atoms with E-state index >= 15 is 0 Å². The smallest absolute Gasteiger partial charge is 0.310 e. The molecule has 1 aliphatic rings. The molecule has 1 aliphatic heterocycles. The second kappa shape index (κ2) is 10.4. The zero-order chi connectivity index (χ0) is 22.3. The monoisotopic (exact) mass is 430 g/mol. The standard InChI is InChI=1S/C27H30N2O3/c1-21-9-5-6-12-24(21)22-15-18-28(19-16-22)20-17-26(23-10-3-2-4-11-23)32-27-14-8-7-13-25(27)29(30)31/h2-14,22,26H,15-20H2,1H3/t26-/m1/s1. The first-order chi connectivity index (χ1) is 15.6. The molecular weight excluding hydrogens is 400 g/mol. The molecule has 0 amide bonds. The third kappa shape index (κ3) is 5.35. The second-order valence-electron chi connectivity index (χ2n) is 8.50. The third-order valence-corrected chi connectivity index (χ3v) is 6.43. The zero-order valence-corrected chi connectivity index (χ0v) is 18.5. The van der Waals surface area contributed by atoms with Crippen LogP contribution in [-0.2, 0) is 0 Å². The lowest BCUT2D eigenvalue weighted by Gasteiger charge is -2.33. The Kier molecular flexibility index (Phi) is 7.17. The first kappa shape index (κ1) is 22.0. The number of para-hydroxylation sites is 2. The molecule has 0 saturated carbocycles. The van der Waals surface area contributed by atoms with Crippen LogP contribution in [-0.4, -0.2) is 29.5 Å². The number of benzene rings is 3. The quantitative estimate of drug-likeness (QED) is 0.311. The highest BCUT2D eigenvalue weighted by atomic mass is 16.6. The van der Waals surface area contributed by atoms with Crippen LogP contribution in [0.5, 0.6) is 5.75 Å². The molecule has 0 radical (unpaired) electrons. The van der Waals surface area contributed by atoms with E-state index in [1.54, 1.807) is 18.2 Å². The highest BCUT2D eigenvalue weighted by Crippen LogP contribution is 2.33. The van der Waals surface area contributed by atoms with Gasteiger partial charge in [-0.15, -0.1) is 0 Å². The summed E-state index contributed by atoms with van der Waals surface area (Å²) >= 11 is 0. The lowest BCUT2D eigenvalue weighted by molar-refractivity contribution is -0.386. The van der Waals surface area contributed by atoms with E-state index in [-0.39, 0.29) is 16.7 Å². The van der Waals surface area contributed by atoms with Crippen LogP contribution in [0.25, 0.3) is 0 Å². The summed E-state index contributed by atoms with van der Waals surface area (Å²) in [6.45, 7) is 5.23. The summed E-state index contributed by atoms with van der Waals surface area (Å²) in [5.74, 6) is 0.949. The van der Waals surface area contributed by atoms with Gasteiger partial charge in [-0.05, 0) is 61.5 Å². The fraction of sp³-hybridized carbons (Fsp3) is 0.333. The van der Waals surface area contributed by atoms with Crippen molar-refractivity contribution in [3.05, 3.63) is 106 Å². The Morgan fingerprint density at radius 1 is 0.969 bits per heavy atom. The van der Waals surface area contributed by atoms with E-state index in [4.69, 9.17) is 4.74 Å². The van der Waals surface area contributed by atoms with E-state index in [1.807, 2.05) is 30.3 Å². The van der Waals surface area contributed by atoms with Gasteiger partial charge in [0.05, 0.1) is 4.92 Å². The van der Waals surface area contributed by atoms with Crippen LogP contribution < -0.4 is 4.74 Å². The van der Waals surface area contributed by atoms with Crippen LogP contribution in [0.15, 0.2) is 78.9 Å². The highest BCUT2D eigenvalue weighted by Gasteiger charge is 2.24. The maximum atomic E-state index is 11.4. The number of hydrogen-bond acceptors (Lipinski definition) is 4. The van der Waals surface area contributed by atoms with Crippen molar-refractivity contribution < 1.29 is 9.66 Å². The van der Waals surface area contributed by atoms with Crippen molar-refractivity contribution >= 4 is 5.69 Å². The summed E-state index contributed by atoms with van der Waals surface area (Å²) in [5.41, 5.74) is 3.91. The number of piperidine rings is 1. The summed E-state index contributed by atoms with van der Waals surface area (Å²) in [4.78, 5) is 13.5. The van der Waals surface area contributed by atoms with Crippen molar-refractivity contribution in [2.24, 2.45) is 0 Å². The minimum Gasteiger partial charge on any atom is -0.479 e. The number of aryl methyl sites for hydroxylation is 1. The number of nitro groups is 1. The average molecular weight is 431 g/mol. The molecule has 0 aromatic heterocycles. The molecule has 3 aromatic carbocycles. The molecule has 5 heteroatoms. The summed E-state index contributed by atoms with van der Waals surface area (Å²) in [7, 11) is 0. The molecule has 1 atom stereocenters. The van der Waals surface area contributed by atoms with E-state index in [1.165, 1.54) is 17.2 Å². The molecule has 0 bridgehead atoms. The van der Waals surface area contributed by atoms with Gasteiger partial charge in [0.15, 0.2) is 5.75 Å². The van der Waals surface area contributed by atoms with Gasteiger partial charge in [0, 0.05) is 19.0 Å². The molecule has 4 rings (SSSR count). The molecular formula is C27H30N2O3. The maximum absolute atomic E-state index is 11.4. The number of nitro benzene ring substituents is 1. The van der Waals surface area contributed by atoms with Gasteiger partial charge >= 0.3 is 5.69 Å². The largest absolute Gasteiger partial charge is 0.479 e. The molecule has 0 unspecified atom stereocenters. The summed E-state index contributed by atoms with van der Waals surface area (Å²) in [5, 5.41) is 11.4. The Morgan fingerprint density at radius 3 is 2.34 bits per heavy atom. The Morgan fingerprint density at radius 2 is 1.62 bits per heavy atom. The maximum Gasteiger partial charge on any atom is 0.310 e. The summed E-state index contributed by atoms with van der Waals surface area (Å²) < 4.78 is 6.22. The Labute approximate surface area is 189 Å². The van der Waals surface area contributed by atoms with Crippen LogP contribution in [0.2, 0.25) is 0 Å². The number of hydrogen-bond donors (Lipinski definition) is 0. The van der Waals surface area contributed by atoms with Crippen LogP contribution in [0.4, 0.5) is 5.69 Å². The van der Waals surface area contributed by atoms with Crippen molar-refractivity contribution in [3.8, 4) is 5.75 Å². The van der Waals surface area contributed by atoms with Gasteiger partial charge in [0.25, 0.3) is 0 Å². The second-order valence-corrected chi connectivity index (χ2v) is 8.50. The van der Waals surface area contributed by atoms with Crippen molar-refractivity contribution in [2.45, 2.75) is 38.2 Å².